The third-order valence-corrected chi connectivity index (χ3v) is 4.73. The molecule has 0 fully saturated rings. The Morgan fingerprint density at radius 1 is 1.04 bits per heavy atom. The second-order valence-electron chi connectivity index (χ2n) is 5.81. The Labute approximate surface area is 155 Å². The van der Waals surface area contributed by atoms with Crippen LogP contribution in [0.2, 0.25) is 0 Å². The molecule has 0 unspecified atom stereocenters. The number of nitrogens with zero attached hydrogens (tertiary/aromatic N) is 2. The summed E-state index contributed by atoms with van der Waals surface area (Å²) in [5.41, 5.74) is 3.52. The van der Waals surface area contributed by atoms with E-state index in [-0.39, 0.29) is 12.3 Å². The zero-order valence-electron chi connectivity index (χ0n) is 14.4. The number of hydrogen-bond acceptors (Lipinski definition) is 5. The number of carbonyl (C=O) groups is 2. The first kappa shape index (κ1) is 17.8. The summed E-state index contributed by atoms with van der Waals surface area (Å²) in [5, 5.41) is 5.89. The summed E-state index contributed by atoms with van der Waals surface area (Å²) < 4.78 is 0. The summed E-state index contributed by atoms with van der Waals surface area (Å²) in [6.45, 7) is 3.82. The second-order valence-corrected chi connectivity index (χ2v) is 6.81. The van der Waals surface area contributed by atoms with Gasteiger partial charge in [-0.3, -0.25) is 14.6 Å². The van der Waals surface area contributed by atoms with E-state index in [9.17, 15) is 9.59 Å². The minimum Gasteiger partial charge on any atom is -0.326 e. The van der Waals surface area contributed by atoms with Crippen LogP contribution in [0.4, 0.5) is 10.8 Å². The molecule has 0 radical (unpaired) electrons. The smallest absolute Gasteiger partial charge is 0.235 e. The van der Waals surface area contributed by atoms with E-state index in [4.69, 9.17) is 0 Å². The summed E-state index contributed by atoms with van der Waals surface area (Å²) in [5.74, 6) is -0.763. The van der Waals surface area contributed by atoms with Crippen molar-refractivity contribution in [2.75, 3.05) is 10.6 Å². The molecule has 26 heavy (non-hydrogen) atoms. The number of rotatable bonds is 5. The van der Waals surface area contributed by atoms with Crippen molar-refractivity contribution in [2.45, 2.75) is 20.3 Å². The maximum Gasteiger partial charge on any atom is 0.235 e. The molecule has 3 aromatic rings. The molecule has 0 aliphatic carbocycles. The molecule has 0 bridgehead atoms. The maximum atomic E-state index is 12.1. The van der Waals surface area contributed by atoms with Crippen molar-refractivity contribution in [3.05, 3.63) is 60.0 Å². The Bertz CT molecular complexity index is 938. The maximum absolute atomic E-state index is 12.1. The Morgan fingerprint density at radius 2 is 1.77 bits per heavy atom. The molecule has 132 valence electrons. The first-order valence-corrected chi connectivity index (χ1v) is 8.87. The molecule has 1 aromatic carbocycles. The number of anilines is 2. The molecule has 2 aromatic heterocycles. The lowest BCUT2D eigenvalue weighted by molar-refractivity contribution is -0.123. The molecule has 0 atom stereocenters. The van der Waals surface area contributed by atoms with Crippen LogP contribution in [0, 0.1) is 13.8 Å². The van der Waals surface area contributed by atoms with Crippen LogP contribution in [0.1, 0.15) is 17.7 Å². The Balaban J connectivity index is 1.61. The van der Waals surface area contributed by atoms with Crippen molar-refractivity contribution < 1.29 is 9.59 Å². The number of thiazole rings is 1. The summed E-state index contributed by atoms with van der Waals surface area (Å²) in [6.07, 6.45) is 3.15. The van der Waals surface area contributed by atoms with E-state index in [0.717, 1.165) is 21.7 Å². The predicted molar refractivity (Wildman–Crippen MR) is 103 cm³/mol. The molecule has 7 heteroatoms. The third kappa shape index (κ3) is 4.52. The number of aromatic nitrogens is 2. The van der Waals surface area contributed by atoms with Gasteiger partial charge in [-0.15, -0.1) is 0 Å². The van der Waals surface area contributed by atoms with Gasteiger partial charge >= 0.3 is 0 Å². The normalized spacial score (nSPS) is 10.4. The second kappa shape index (κ2) is 7.88. The van der Waals surface area contributed by atoms with E-state index in [0.29, 0.717) is 10.8 Å². The number of pyridine rings is 1. The minimum absolute atomic E-state index is 0.267. The zero-order valence-corrected chi connectivity index (χ0v) is 15.3. The van der Waals surface area contributed by atoms with Gasteiger partial charge in [-0.2, -0.15) is 0 Å². The van der Waals surface area contributed by atoms with E-state index in [2.05, 4.69) is 20.6 Å². The van der Waals surface area contributed by atoms with Gasteiger partial charge in [0.05, 0.1) is 10.6 Å². The SMILES string of the molecule is Cc1cccc(NC(=O)CC(=O)Nc2nc(C)c(-c3ccncc3)s2)c1. The summed E-state index contributed by atoms with van der Waals surface area (Å²) >= 11 is 1.37. The predicted octanol–water partition coefficient (Wildman–Crippen LogP) is 3.79. The van der Waals surface area contributed by atoms with Crippen molar-refractivity contribution in [3.8, 4) is 10.4 Å². The van der Waals surface area contributed by atoms with Crippen molar-refractivity contribution >= 4 is 34.0 Å². The first-order valence-electron chi connectivity index (χ1n) is 8.05. The Hall–Kier alpha value is -3.06. The van der Waals surface area contributed by atoms with Gasteiger partial charge in [0.2, 0.25) is 11.8 Å². The molecule has 0 aliphatic rings. The van der Waals surface area contributed by atoms with E-state index in [1.54, 1.807) is 18.5 Å². The number of amides is 2. The van der Waals surface area contributed by atoms with Crippen LogP contribution in [0.5, 0.6) is 0 Å². The lowest BCUT2D eigenvalue weighted by Crippen LogP contribution is -2.21. The van der Waals surface area contributed by atoms with Gasteiger partial charge in [0, 0.05) is 18.1 Å². The topological polar surface area (TPSA) is 84.0 Å². The quantitative estimate of drug-likeness (QED) is 0.673. The standard InChI is InChI=1S/C19H18N4O2S/c1-12-4-3-5-15(10-12)22-16(24)11-17(25)23-19-21-13(2)18(26-19)14-6-8-20-9-7-14/h3-10H,11H2,1-2H3,(H,22,24)(H,21,23,25). The van der Waals surface area contributed by atoms with E-state index in [1.807, 2.05) is 44.2 Å². The van der Waals surface area contributed by atoms with Crippen molar-refractivity contribution in [1.29, 1.82) is 0 Å². The van der Waals surface area contributed by atoms with Gasteiger partial charge in [0.15, 0.2) is 5.13 Å². The number of carbonyl (C=O) groups excluding carboxylic acids is 2. The highest BCUT2D eigenvalue weighted by Crippen LogP contribution is 2.32. The first-order chi connectivity index (χ1) is 12.5. The van der Waals surface area contributed by atoms with Crippen molar-refractivity contribution in [1.82, 2.24) is 9.97 Å². The number of benzene rings is 1. The molecule has 0 saturated heterocycles. The Morgan fingerprint density at radius 3 is 2.50 bits per heavy atom. The Kier molecular flexibility index (Phi) is 5.38. The lowest BCUT2D eigenvalue weighted by atomic mass is 10.2. The highest BCUT2D eigenvalue weighted by Gasteiger charge is 2.14. The van der Waals surface area contributed by atoms with Crippen LogP contribution in [0.15, 0.2) is 48.8 Å². The number of hydrogen-bond donors (Lipinski definition) is 2. The van der Waals surface area contributed by atoms with Crippen LogP contribution in [-0.4, -0.2) is 21.8 Å². The fourth-order valence-corrected chi connectivity index (χ4v) is 3.45. The molecule has 0 spiro atoms. The highest BCUT2D eigenvalue weighted by atomic mass is 32.1. The monoisotopic (exact) mass is 366 g/mol. The van der Waals surface area contributed by atoms with E-state index >= 15 is 0 Å². The molecule has 2 amide bonds. The van der Waals surface area contributed by atoms with Gasteiger partial charge in [-0.1, -0.05) is 23.5 Å². The molecule has 2 heterocycles. The lowest BCUT2D eigenvalue weighted by Gasteiger charge is -2.05. The van der Waals surface area contributed by atoms with Crippen LogP contribution >= 0.6 is 11.3 Å². The minimum atomic E-state index is -0.398. The van der Waals surface area contributed by atoms with Gasteiger partial charge in [-0.05, 0) is 49.2 Å². The fourth-order valence-electron chi connectivity index (χ4n) is 2.46. The highest BCUT2D eigenvalue weighted by molar-refractivity contribution is 7.19. The molecular formula is C19H18N4O2S. The molecule has 2 N–H and O–H groups in total. The summed E-state index contributed by atoms with van der Waals surface area (Å²) in [6, 6.07) is 11.2. The number of aryl methyl sites for hydroxylation is 2. The van der Waals surface area contributed by atoms with E-state index in [1.165, 1.54) is 11.3 Å². The van der Waals surface area contributed by atoms with Crippen molar-refractivity contribution in [3.63, 3.8) is 0 Å². The zero-order chi connectivity index (χ0) is 18.5. The summed E-state index contributed by atoms with van der Waals surface area (Å²) in [4.78, 5) is 33.5. The fraction of sp³-hybridized carbons (Fsp3) is 0.158. The molecular weight excluding hydrogens is 348 g/mol. The summed E-state index contributed by atoms with van der Waals surface area (Å²) in [7, 11) is 0. The van der Waals surface area contributed by atoms with Gasteiger partial charge in [0.1, 0.15) is 6.42 Å². The number of nitrogens with one attached hydrogen (secondary N) is 2. The molecule has 3 rings (SSSR count). The van der Waals surface area contributed by atoms with Crippen LogP contribution < -0.4 is 10.6 Å². The largest absolute Gasteiger partial charge is 0.326 e. The van der Waals surface area contributed by atoms with Crippen molar-refractivity contribution in [2.24, 2.45) is 0 Å². The van der Waals surface area contributed by atoms with E-state index < -0.39 is 5.91 Å². The van der Waals surface area contributed by atoms with Gasteiger partial charge in [0.25, 0.3) is 0 Å². The van der Waals surface area contributed by atoms with Crippen LogP contribution in [0.3, 0.4) is 0 Å². The van der Waals surface area contributed by atoms with Crippen LogP contribution in [-0.2, 0) is 9.59 Å². The molecule has 0 aliphatic heterocycles. The van der Waals surface area contributed by atoms with Gasteiger partial charge < -0.3 is 10.6 Å². The average Bonchev–Trinajstić information content (AvgIpc) is 2.95. The average molecular weight is 366 g/mol. The molecule has 0 saturated carbocycles. The third-order valence-electron chi connectivity index (χ3n) is 3.61. The van der Waals surface area contributed by atoms with Gasteiger partial charge in [-0.25, -0.2) is 4.98 Å². The van der Waals surface area contributed by atoms with Crippen LogP contribution in [0.25, 0.3) is 10.4 Å². The molecule has 6 nitrogen and oxygen atoms in total.